The van der Waals surface area contributed by atoms with Crippen LogP contribution in [0.3, 0.4) is 0 Å². The molecule has 1 aliphatic rings. The molecule has 0 bridgehead atoms. The summed E-state index contributed by atoms with van der Waals surface area (Å²) < 4.78 is 25.3. The van der Waals surface area contributed by atoms with E-state index in [1.807, 2.05) is 90.5 Å². The summed E-state index contributed by atoms with van der Waals surface area (Å²) in [4.78, 5) is 5.12. The van der Waals surface area contributed by atoms with Crippen molar-refractivity contribution in [2.75, 3.05) is 20.8 Å². The number of rotatable bonds is 6. The summed E-state index contributed by atoms with van der Waals surface area (Å²) in [6, 6.07) is 25.6. The Hall–Kier alpha value is -4.03. The lowest BCUT2D eigenvalue weighted by Crippen LogP contribution is -2.32. The van der Waals surface area contributed by atoms with Crippen molar-refractivity contribution in [3.63, 3.8) is 0 Å². The molecular formula is C28H26N2O4. The number of methoxy groups -OCH3 is 2. The second kappa shape index (κ2) is 8.72. The van der Waals surface area contributed by atoms with E-state index in [9.17, 15) is 0 Å². The van der Waals surface area contributed by atoms with E-state index in [0.29, 0.717) is 11.6 Å². The Kier molecular flexibility index (Phi) is 5.59. The van der Waals surface area contributed by atoms with E-state index in [1.54, 1.807) is 14.2 Å². The standard InChI is InChI=1S/C28H26N2O4/c1-19-18-33-28(34-19,22-8-6-5-7-9-22)27-29-25(20-10-14-23(31-3)15-11-20)26(30(27)2)21-12-16-24(32-4)17-13-21/h5-17H,1,18H2,2-4H3. The number of benzene rings is 3. The van der Waals surface area contributed by atoms with Gasteiger partial charge in [0.1, 0.15) is 23.9 Å². The summed E-state index contributed by atoms with van der Waals surface area (Å²) >= 11 is 0. The van der Waals surface area contributed by atoms with Crippen LogP contribution in [-0.4, -0.2) is 30.4 Å². The van der Waals surface area contributed by atoms with Gasteiger partial charge in [0.05, 0.1) is 25.6 Å². The van der Waals surface area contributed by atoms with Gasteiger partial charge in [-0.15, -0.1) is 0 Å². The summed E-state index contributed by atoms with van der Waals surface area (Å²) in [7, 11) is 5.29. The molecule has 172 valence electrons. The molecule has 0 saturated carbocycles. The van der Waals surface area contributed by atoms with Crippen molar-refractivity contribution in [1.82, 2.24) is 9.55 Å². The van der Waals surface area contributed by atoms with Gasteiger partial charge in [0, 0.05) is 23.7 Å². The molecule has 6 nitrogen and oxygen atoms in total. The molecule has 6 heteroatoms. The summed E-state index contributed by atoms with van der Waals surface area (Å²) in [5.74, 6) is 1.57. The van der Waals surface area contributed by atoms with Crippen molar-refractivity contribution in [1.29, 1.82) is 0 Å². The van der Waals surface area contributed by atoms with Crippen LogP contribution in [0.5, 0.6) is 11.5 Å². The Labute approximate surface area is 199 Å². The van der Waals surface area contributed by atoms with Gasteiger partial charge in [-0.25, -0.2) is 4.98 Å². The number of hydrogen-bond donors (Lipinski definition) is 0. The number of hydrogen-bond acceptors (Lipinski definition) is 5. The third-order valence-corrected chi connectivity index (χ3v) is 5.99. The van der Waals surface area contributed by atoms with Crippen LogP contribution < -0.4 is 9.47 Å². The van der Waals surface area contributed by atoms with Crippen molar-refractivity contribution in [2.24, 2.45) is 7.05 Å². The van der Waals surface area contributed by atoms with E-state index >= 15 is 0 Å². The van der Waals surface area contributed by atoms with Gasteiger partial charge in [0.25, 0.3) is 5.79 Å². The van der Waals surface area contributed by atoms with Gasteiger partial charge < -0.3 is 23.5 Å². The largest absolute Gasteiger partial charge is 0.497 e. The lowest BCUT2D eigenvalue weighted by molar-refractivity contribution is -0.128. The number of nitrogens with zero attached hydrogens (tertiary/aromatic N) is 2. The van der Waals surface area contributed by atoms with Crippen molar-refractivity contribution >= 4 is 0 Å². The highest BCUT2D eigenvalue weighted by Crippen LogP contribution is 2.44. The summed E-state index contributed by atoms with van der Waals surface area (Å²) in [5.41, 5.74) is 4.54. The second-order valence-corrected chi connectivity index (χ2v) is 8.06. The summed E-state index contributed by atoms with van der Waals surface area (Å²) in [6.45, 7) is 4.29. The predicted molar refractivity (Wildman–Crippen MR) is 131 cm³/mol. The third-order valence-electron chi connectivity index (χ3n) is 5.99. The van der Waals surface area contributed by atoms with Crippen LogP contribution in [-0.2, 0) is 22.3 Å². The first-order valence-corrected chi connectivity index (χ1v) is 11.0. The van der Waals surface area contributed by atoms with Crippen LogP contribution >= 0.6 is 0 Å². The minimum absolute atomic E-state index is 0.289. The van der Waals surface area contributed by atoms with E-state index in [-0.39, 0.29) is 6.61 Å². The molecule has 0 aliphatic carbocycles. The van der Waals surface area contributed by atoms with Crippen LogP contribution in [0.4, 0.5) is 0 Å². The lowest BCUT2D eigenvalue weighted by Gasteiger charge is -2.27. The summed E-state index contributed by atoms with van der Waals surface area (Å²) in [5, 5.41) is 0. The molecule has 1 aliphatic heterocycles. The SMILES string of the molecule is C=C1COC(c2ccccc2)(c2nc(-c3ccc(OC)cc3)c(-c3ccc(OC)cc3)n2C)O1. The van der Waals surface area contributed by atoms with Crippen LogP contribution in [0, 0.1) is 0 Å². The molecule has 1 aromatic heterocycles. The highest BCUT2D eigenvalue weighted by Gasteiger charge is 2.47. The van der Waals surface area contributed by atoms with Gasteiger partial charge in [0.15, 0.2) is 5.82 Å². The molecule has 0 radical (unpaired) electrons. The zero-order valence-electron chi connectivity index (χ0n) is 19.4. The Balaban J connectivity index is 1.75. The van der Waals surface area contributed by atoms with Crippen LogP contribution in [0.1, 0.15) is 11.4 Å². The topological polar surface area (TPSA) is 54.7 Å². The highest BCUT2D eigenvalue weighted by atomic mass is 16.7. The second-order valence-electron chi connectivity index (χ2n) is 8.06. The predicted octanol–water partition coefficient (Wildman–Crippen LogP) is 5.53. The zero-order chi connectivity index (χ0) is 23.7. The fourth-order valence-electron chi connectivity index (χ4n) is 4.31. The van der Waals surface area contributed by atoms with Gasteiger partial charge in [-0.2, -0.15) is 0 Å². The number of imidazole rings is 1. The van der Waals surface area contributed by atoms with E-state index < -0.39 is 5.79 Å². The first kappa shape index (κ1) is 21.8. The van der Waals surface area contributed by atoms with Crippen molar-refractivity contribution in [3.8, 4) is 34.0 Å². The first-order valence-electron chi connectivity index (χ1n) is 11.0. The molecule has 1 atom stereocenters. The minimum atomic E-state index is -1.20. The quantitative estimate of drug-likeness (QED) is 0.383. The molecule has 1 fully saturated rings. The van der Waals surface area contributed by atoms with Crippen molar-refractivity contribution in [2.45, 2.75) is 5.79 Å². The number of aromatic nitrogens is 2. The van der Waals surface area contributed by atoms with Gasteiger partial charge in [-0.05, 0) is 48.5 Å². The van der Waals surface area contributed by atoms with Gasteiger partial charge >= 0.3 is 0 Å². The molecule has 1 unspecified atom stereocenters. The molecule has 1 saturated heterocycles. The molecule has 2 heterocycles. The first-order chi connectivity index (χ1) is 16.6. The molecule has 3 aromatic carbocycles. The molecular weight excluding hydrogens is 428 g/mol. The van der Waals surface area contributed by atoms with Crippen LogP contribution in [0.2, 0.25) is 0 Å². The maximum atomic E-state index is 6.27. The zero-order valence-corrected chi connectivity index (χ0v) is 19.4. The average molecular weight is 455 g/mol. The number of ether oxygens (including phenoxy) is 4. The lowest BCUT2D eigenvalue weighted by atomic mass is 10.0. The van der Waals surface area contributed by atoms with E-state index in [0.717, 1.165) is 39.6 Å². The fourth-order valence-corrected chi connectivity index (χ4v) is 4.31. The van der Waals surface area contributed by atoms with Gasteiger partial charge in [-0.3, -0.25) is 0 Å². The third kappa shape index (κ3) is 3.62. The van der Waals surface area contributed by atoms with E-state index in [2.05, 4.69) is 6.58 Å². The smallest absolute Gasteiger partial charge is 0.297 e. The molecule has 0 spiro atoms. The Morgan fingerprint density at radius 1 is 0.853 bits per heavy atom. The van der Waals surface area contributed by atoms with Crippen molar-refractivity contribution in [3.05, 3.63) is 103 Å². The average Bonchev–Trinajstić information content (AvgIpc) is 3.45. The van der Waals surface area contributed by atoms with E-state index in [1.165, 1.54) is 0 Å². The fraction of sp³-hybridized carbons (Fsp3) is 0.179. The monoisotopic (exact) mass is 454 g/mol. The minimum Gasteiger partial charge on any atom is -0.497 e. The maximum Gasteiger partial charge on any atom is 0.297 e. The van der Waals surface area contributed by atoms with E-state index in [4.69, 9.17) is 23.9 Å². The Bertz CT molecular complexity index is 1310. The molecule has 0 N–H and O–H groups in total. The maximum absolute atomic E-state index is 6.27. The molecule has 5 rings (SSSR count). The normalized spacial score (nSPS) is 17.4. The van der Waals surface area contributed by atoms with Gasteiger partial charge in [0.2, 0.25) is 0 Å². The molecule has 34 heavy (non-hydrogen) atoms. The highest BCUT2D eigenvalue weighted by molar-refractivity contribution is 5.80. The van der Waals surface area contributed by atoms with Crippen molar-refractivity contribution < 1.29 is 18.9 Å². The molecule has 4 aromatic rings. The Morgan fingerprint density at radius 3 is 1.97 bits per heavy atom. The summed E-state index contributed by atoms with van der Waals surface area (Å²) in [6.07, 6.45) is 0. The van der Waals surface area contributed by atoms with Crippen LogP contribution in [0.25, 0.3) is 22.5 Å². The Morgan fingerprint density at radius 2 is 1.44 bits per heavy atom. The van der Waals surface area contributed by atoms with Gasteiger partial charge in [-0.1, -0.05) is 36.9 Å². The van der Waals surface area contributed by atoms with Crippen LogP contribution in [0.15, 0.2) is 91.2 Å². The molecule has 0 amide bonds.